The third kappa shape index (κ3) is 5.89. The van der Waals surface area contributed by atoms with Crippen LogP contribution in [0.15, 0.2) is 16.6 Å². The lowest BCUT2D eigenvalue weighted by molar-refractivity contribution is -0.140. The number of nitrogens with zero attached hydrogens (tertiary/aromatic N) is 3. The quantitative estimate of drug-likeness (QED) is 0.457. The number of nitrogens with one attached hydrogen (secondary N) is 1. The predicted molar refractivity (Wildman–Crippen MR) is 93.3 cm³/mol. The topological polar surface area (TPSA) is 94.1 Å². The summed E-state index contributed by atoms with van der Waals surface area (Å²) >= 11 is 2.61. The van der Waals surface area contributed by atoms with Crippen molar-refractivity contribution in [1.82, 2.24) is 15.0 Å². The third-order valence-electron chi connectivity index (χ3n) is 2.91. The van der Waals surface area contributed by atoms with Crippen LogP contribution in [-0.4, -0.2) is 39.7 Å². The summed E-state index contributed by atoms with van der Waals surface area (Å²) in [5.41, 5.74) is 2.51. The molecule has 0 aromatic carbocycles. The highest BCUT2D eigenvalue weighted by molar-refractivity contribution is 7.99. The number of amides is 1. The van der Waals surface area contributed by atoms with Crippen LogP contribution < -0.4 is 5.32 Å². The summed E-state index contributed by atoms with van der Waals surface area (Å²) in [4.78, 5) is 35.9. The molecule has 0 unspecified atom stereocenters. The third-order valence-corrected chi connectivity index (χ3v) is 4.56. The predicted octanol–water partition coefficient (Wildman–Crippen LogP) is 2.39. The van der Waals surface area contributed by atoms with E-state index < -0.39 is 0 Å². The van der Waals surface area contributed by atoms with E-state index in [9.17, 15) is 9.59 Å². The van der Waals surface area contributed by atoms with Crippen LogP contribution in [-0.2, 0) is 20.7 Å². The first-order valence-electron chi connectivity index (χ1n) is 7.22. The van der Waals surface area contributed by atoms with Crippen LogP contribution in [0.25, 0.3) is 0 Å². The van der Waals surface area contributed by atoms with Gasteiger partial charge in [-0.05, 0) is 19.9 Å². The van der Waals surface area contributed by atoms with Gasteiger partial charge in [0.05, 0.1) is 25.0 Å². The fourth-order valence-electron chi connectivity index (χ4n) is 1.85. The van der Waals surface area contributed by atoms with Crippen LogP contribution in [0.1, 0.15) is 23.5 Å². The van der Waals surface area contributed by atoms with Crippen molar-refractivity contribution in [2.75, 3.05) is 18.2 Å². The van der Waals surface area contributed by atoms with Crippen LogP contribution >= 0.6 is 23.1 Å². The van der Waals surface area contributed by atoms with Crippen molar-refractivity contribution < 1.29 is 14.3 Å². The summed E-state index contributed by atoms with van der Waals surface area (Å²) in [6, 6.07) is 1.88. The molecule has 2 rings (SSSR count). The number of ether oxygens (including phenoxy) is 1. The first-order chi connectivity index (χ1) is 11.5. The SMILES string of the molecule is COC(=O)CCc1csc(NC(=O)CSc2nc(C)cc(C)n2)n1. The molecule has 0 aliphatic carbocycles. The molecule has 0 aliphatic heterocycles. The standard InChI is InChI=1S/C15H18N4O3S2/c1-9-6-10(2)17-14(16-9)24-8-12(20)19-15-18-11(7-23-15)4-5-13(21)22-3/h6-7H,4-5,8H2,1-3H3,(H,18,19,20). The molecule has 2 aromatic rings. The molecule has 24 heavy (non-hydrogen) atoms. The number of carbonyl (C=O) groups is 2. The molecule has 0 spiro atoms. The highest BCUT2D eigenvalue weighted by Crippen LogP contribution is 2.18. The Morgan fingerprint density at radius 2 is 1.96 bits per heavy atom. The average Bonchev–Trinajstić information content (AvgIpc) is 2.97. The second-order valence-electron chi connectivity index (χ2n) is 4.99. The molecule has 1 N–H and O–H groups in total. The highest BCUT2D eigenvalue weighted by atomic mass is 32.2. The Balaban J connectivity index is 1.82. The lowest BCUT2D eigenvalue weighted by Crippen LogP contribution is -2.14. The molecule has 0 fully saturated rings. The molecular weight excluding hydrogens is 348 g/mol. The molecule has 2 aromatic heterocycles. The zero-order chi connectivity index (χ0) is 17.5. The molecule has 128 valence electrons. The van der Waals surface area contributed by atoms with Crippen molar-refractivity contribution in [2.45, 2.75) is 31.8 Å². The number of carbonyl (C=O) groups excluding carboxylic acids is 2. The van der Waals surface area contributed by atoms with E-state index in [0.717, 1.165) is 17.1 Å². The van der Waals surface area contributed by atoms with E-state index in [0.29, 0.717) is 16.7 Å². The van der Waals surface area contributed by atoms with Crippen molar-refractivity contribution in [3.63, 3.8) is 0 Å². The van der Waals surface area contributed by atoms with E-state index in [4.69, 9.17) is 0 Å². The summed E-state index contributed by atoms with van der Waals surface area (Å²) in [6.45, 7) is 3.79. The van der Waals surface area contributed by atoms with Gasteiger partial charge in [0, 0.05) is 23.2 Å². The first-order valence-corrected chi connectivity index (χ1v) is 9.09. The van der Waals surface area contributed by atoms with E-state index in [1.165, 1.54) is 30.2 Å². The molecular formula is C15H18N4O3S2. The fraction of sp³-hybridized carbons (Fsp3) is 0.400. The monoisotopic (exact) mass is 366 g/mol. The van der Waals surface area contributed by atoms with Gasteiger partial charge in [-0.15, -0.1) is 11.3 Å². The van der Waals surface area contributed by atoms with Gasteiger partial charge in [-0.25, -0.2) is 15.0 Å². The lowest BCUT2D eigenvalue weighted by Gasteiger charge is -2.03. The van der Waals surface area contributed by atoms with Crippen molar-refractivity contribution in [2.24, 2.45) is 0 Å². The summed E-state index contributed by atoms with van der Waals surface area (Å²) in [5, 5.41) is 5.66. The first kappa shape index (κ1) is 18.3. The van der Waals surface area contributed by atoms with Crippen molar-refractivity contribution in [1.29, 1.82) is 0 Å². The molecule has 9 heteroatoms. The smallest absolute Gasteiger partial charge is 0.305 e. The Morgan fingerprint density at radius 3 is 2.62 bits per heavy atom. The number of hydrogen-bond acceptors (Lipinski definition) is 8. The zero-order valence-corrected chi connectivity index (χ0v) is 15.3. The second kappa shape index (κ2) is 8.74. The Bertz CT molecular complexity index is 713. The van der Waals surface area contributed by atoms with Crippen LogP contribution in [0.4, 0.5) is 5.13 Å². The second-order valence-corrected chi connectivity index (χ2v) is 6.79. The maximum absolute atomic E-state index is 12.0. The molecule has 0 atom stereocenters. The number of aromatic nitrogens is 3. The molecule has 1 amide bonds. The summed E-state index contributed by atoms with van der Waals surface area (Å²) in [6.07, 6.45) is 0.762. The Kier molecular flexibility index (Phi) is 6.68. The normalized spacial score (nSPS) is 10.5. The van der Waals surface area contributed by atoms with Gasteiger partial charge < -0.3 is 10.1 Å². The molecule has 0 bridgehead atoms. The number of hydrogen-bond donors (Lipinski definition) is 1. The van der Waals surface area contributed by atoms with Crippen molar-refractivity contribution >= 4 is 40.1 Å². The number of aryl methyl sites for hydroxylation is 3. The summed E-state index contributed by atoms with van der Waals surface area (Å²) in [5.74, 6) is -0.241. The van der Waals surface area contributed by atoms with Crippen molar-refractivity contribution in [3.8, 4) is 0 Å². The molecule has 2 heterocycles. The van der Waals surface area contributed by atoms with Crippen LogP contribution in [0.2, 0.25) is 0 Å². The van der Waals surface area contributed by atoms with Gasteiger partial charge in [0.15, 0.2) is 10.3 Å². The summed E-state index contributed by atoms with van der Waals surface area (Å²) < 4.78 is 4.59. The van der Waals surface area contributed by atoms with E-state index in [1.54, 1.807) is 0 Å². The molecule has 0 radical (unpaired) electrons. The van der Waals surface area contributed by atoms with Gasteiger partial charge in [0.25, 0.3) is 0 Å². The van der Waals surface area contributed by atoms with Gasteiger partial charge in [-0.3, -0.25) is 9.59 Å². The minimum atomic E-state index is -0.279. The largest absolute Gasteiger partial charge is 0.469 e. The van der Waals surface area contributed by atoms with Crippen LogP contribution in [0, 0.1) is 13.8 Å². The Hall–Kier alpha value is -2.00. The number of methoxy groups -OCH3 is 1. The van der Waals surface area contributed by atoms with Gasteiger partial charge >= 0.3 is 5.97 Å². The molecule has 7 nitrogen and oxygen atoms in total. The maximum Gasteiger partial charge on any atom is 0.305 e. The number of esters is 1. The Labute approximate surface area is 148 Å². The minimum Gasteiger partial charge on any atom is -0.469 e. The van der Waals surface area contributed by atoms with Gasteiger partial charge in [-0.2, -0.15) is 0 Å². The van der Waals surface area contributed by atoms with Gasteiger partial charge in [0.1, 0.15) is 0 Å². The van der Waals surface area contributed by atoms with E-state index in [2.05, 4.69) is 25.0 Å². The zero-order valence-electron chi connectivity index (χ0n) is 13.7. The van der Waals surface area contributed by atoms with Gasteiger partial charge in [-0.1, -0.05) is 11.8 Å². The number of anilines is 1. The van der Waals surface area contributed by atoms with E-state index in [-0.39, 0.29) is 24.1 Å². The van der Waals surface area contributed by atoms with Crippen molar-refractivity contribution in [3.05, 3.63) is 28.5 Å². The molecule has 0 aliphatic rings. The van der Waals surface area contributed by atoms with E-state index in [1.807, 2.05) is 25.3 Å². The fourth-order valence-corrected chi connectivity index (χ4v) is 3.37. The average molecular weight is 366 g/mol. The molecule has 0 saturated heterocycles. The number of thioether (sulfide) groups is 1. The van der Waals surface area contributed by atoms with Gasteiger partial charge in [0.2, 0.25) is 5.91 Å². The Morgan fingerprint density at radius 1 is 1.25 bits per heavy atom. The van der Waals surface area contributed by atoms with E-state index >= 15 is 0 Å². The number of thiazole rings is 1. The van der Waals surface area contributed by atoms with Crippen LogP contribution in [0.3, 0.4) is 0 Å². The highest BCUT2D eigenvalue weighted by Gasteiger charge is 2.10. The number of rotatable bonds is 7. The minimum absolute atomic E-state index is 0.170. The summed E-state index contributed by atoms with van der Waals surface area (Å²) in [7, 11) is 1.35. The molecule has 0 saturated carbocycles. The maximum atomic E-state index is 12.0. The van der Waals surface area contributed by atoms with Crippen LogP contribution in [0.5, 0.6) is 0 Å². The lowest BCUT2D eigenvalue weighted by atomic mass is 10.2.